The van der Waals surface area contributed by atoms with Crippen LogP contribution in [0.3, 0.4) is 0 Å². The Kier molecular flexibility index (Phi) is 10.5. The summed E-state index contributed by atoms with van der Waals surface area (Å²) in [6.45, 7) is 5.12. The molecular formula is C42H44ClF3N8O5. The van der Waals surface area contributed by atoms with Crippen molar-refractivity contribution in [1.29, 1.82) is 0 Å². The van der Waals surface area contributed by atoms with Crippen molar-refractivity contribution in [1.82, 2.24) is 34.2 Å². The number of nitrogens with zero attached hydrogens (tertiary/aromatic N) is 6. The molecule has 0 radical (unpaired) electrons. The van der Waals surface area contributed by atoms with Crippen molar-refractivity contribution in [3.05, 3.63) is 96.8 Å². The minimum Gasteiger partial charge on any atom is -0.481 e. The van der Waals surface area contributed by atoms with Crippen molar-refractivity contribution < 1.29 is 27.4 Å². The lowest BCUT2D eigenvalue weighted by Gasteiger charge is -2.40. The smallest absolute Gasteiger partial charge is 0.433 e. The molecule has 310 valence electrons. The van der Waals surface area contributed by atoms with Crippen LogP contribution in [0.2, 0.25) is 5.02 Å². The van der Waals surface area contributed by atoms with Crippen molar-refractivity contribution in [2.24, 2.45) is 14.1 Å². The van der Waals surface area contributed by atoms with Crippen molar-refractivity contribution in [2.45, 2.75) is 50.4 Å². The van der Waals surface area contributed by atoms with Gasteiger partial charge in [0.15, 0.2) is 0 Å². The van der Waals surface area contributed by atoms with E-state index in [9.17, 15) is 27.6 Å². The van der Waals surface area contributed by atoms with Crippen molar-refractivity contribution in [3.8, 4) is 28.3 Å². The molecule has 2 aliphatic heterocycles. The van der Waals surface area contributed by atoms with Gasteiger partial charge in [-0.1, -0.05) is 41.9 Å². The lowest BCUT2D eigenvalue weighted by molar-refractivity contribution is -0.141. The van der Waals surface area contributed by atoms with E-state index in [1.54, 1.807) is 33.3 Å². The number of methoxy groups -OCH3 is 2. The van der Waals surface area contributed by atoms with Crippen LogP contribution >= 0.6 is 11.6 Å². The molecule has 0 bridgehead atoms. The first-order chi connectivity index (χ1) is 28.1. The number of nitrogens with one attached hydrogen (secondary N) is 2. The van der Waals surface area contributed by atoms with Crippen molar-refractivity contribution >= 4 is 40.0 Å². The molecule has 1 aliphatic carbocycles. The molecule has 59 heavy (non-hydrogen) atoms. The molecule has 5 heterocycles. The standard InChI is InChI=1S/C42H44ClF3N8O5/c1-23-25(8-7-11-28(23)47-36-34-31(21-32(49-36)42(44,45)46)51(2)40(57)52(3)38(34)55)26-9-6-10-27(35(26)43)29-20-24-12-13-30(33(24)37(48-29)59-5)54-17-15-41(22-54)14-16-53(18-19-58-4)39(56)50-41/h6-11,20-21,30H,12-19,22H2,1-5H3,(H,47,49)(H,50,56)/t30-,41-/m1/s1. The van der Waals surface area contributed by atoms with Gasteiger partial charge in [-0.3, -0.25) is 18.8 Å². The van der Waals surface area contributed by atoms with E-state index < -0.39 is 23.1 Å². The topological polar surface area (TPSA) is 136 Å². The van der Waals surface area contributed by atoms with Crippen molar-refractivity contribution in [3.63, 3.8) is 0 Å². The molecular weight excluding hydrogens is 789 g/mol. The zero-order chi connectivity index (χ0) is 42.0. The first-order valence-electron chi connectivity index (χ1n) is 19.4. The van der Waals surface area contributed by atoms with Crippen LogP contribution in [0.1, 0.15) is 47.7 Å². The number of amides is 2. The third-order valence-corrected chi connectivity index (χ3v) is 12.5. The maximum Gasteiger partial charge on any atom is 0.433 e. The minimum atomic E-state index is -4.85. The number of aryl methyl sites for hydroxylation is 2. The number of rotatable bonds is 9. The number of pyridine rings is 2. The summed E-state index contributed by atoms with van der Waals surface area (Å²) in [5.41, 5.74) is 2.53. The maximum absolute atomic E-state index is 14.1. The number of alkyl halides is 3. The largest absolute Gasteiger partial charge is 0.481 e. The Hall–Kier alpha value is -5.45. The van der Waals surface area contributed by atoms with E-state index in [0.29, 0.717) is 70.3 Å². The van der Waals surface area contributed by atoms with Gasteiger partial charge >= 0.3 is 17.9 Å². The van der Waals surface area contributed by atoms with E-state index >= 15 is 0 Å². The summed E-state index contributed by atoms with van der Waals surface area (Å²) in [5.74, 6) is 0.184. The molecule has 2 atom stereocenters. The Morgan fingerprint density at radius 3 is 2.44 bits per heavy atom. The van der Waals surface area contributed by atoms with E-state index in [0.717, 1.165) is 59.0 Å². The number of urea groups is 1. The molecule has 0 unspecified atom stereocenters. The number of likely N-dealkylation sites (tertiary alicyclic amines) is 1. The van der Waals surface area contributed by atoms with E-state index in [1.807, 2.05) is 29.2 Å². The van der Waals surface area contributed by atoms with Crippen LogP contribution in [0.15, 0.2) is 58.1 Å². The number of anilines is 2. The zero-order valence-electron chi connectivity index (χ0n) is 33.3. The summed E-state index contributed by atoms with van der Waals surface area (Å²) < 4.78 is 55.1. The van der Waals surface area contributed by atoms with Gasteiger partial charge in [0.2, 0.25) is 5.88 Å². The average Bonchev–Trinajstić information content (AvgIpc) is 3.83. The number of hydrogen-bond acceptors (Lipinski definition) is 9. The van der Waals surface area contributed by atoms with E-state index in [1.165, 1.54) is 14.1 Å². The first kappa shape index (κ1) is 40.3. The maximum atomic E-state index is 14.1. The predicted octanol–water partition coefficient (Wildman–Crippen LogP) is 6.59. The van der Waals surface area contributed by atoms with Gasteiger partial charge in [-0.05, 0) is 67.5 Å². The second-order valence-corrected chi connectivity index (χ2v) is 15.9. The van der Waals surface area contributed by atoms with Crippen LogP contribution < -0.4 is 26.6 Å². The molecule has 8 rings (SSSR count). The monoisotopic (exact) mass is 832 g/mol. The molecule has 2 aromatic carbocycles. The van der Waals surface area contributed by atoms with Gasteiger partial charge in [-0.15, -0.1) is 0 Å². The lowest BCUT2D eigenvalue weighted by Crippen LogP contribution is -2.61. The number of benzene rings is 2. The molecule has 13 nitrogen and oxygen atoms in total. The number of carbonyl (C=O) groups is 1. The third kappa shape index (κ3) is 7.10. The van der Waals surface area contributed by atoms with Crippen LogP contribution in [-0.2, 0) is 31.4 Å². The van der Waals surface area contributed by atoms with Gasteiger partial charge in [0.05, 0.1) is 35.5 Å². The molecule has 1 spiro atoms. The van der Waals surface area contributed by atoms with Crippen molar-refractivity contribution in [2.75, 3.05) is 52.3 Å². The fraction of sp³-hybridized carbons (Fsp3) is 0.405. The Bertz CT molecular complexity index is 2630. The molecule has 2 fully saturated rings. The summed E-state index contributed by atoms with van der Waals surface area (Å²) in [7, 11) is 5.81. The SMILES string of the molecule is COCCN1CC[C@]2(CCN([C@@H]3CCc4cc(-c5cccc(-c6cccc(Nc7nc(C(F)(F)F)cc8c7c(=O)n(C)c(=O)n8C)c6C)c5Cl)nc(OC)c43)C2)NC1=O. The van der Waals surface area contributed by atoms with Gasteiger partial charge in [0.1, 0.15) is 16.9 Å². The Morgan fingerprint density at radius 2 is 1.71 bits per heavy atom. The van der Waals surface area contributed by atoms with E-state index in [-0.39, 0.29) is 34.3 Å². The number of hydrogen-bond donors (Lipinski definition) is 2. The highest BCUT2D eigenvalue weighted by molar-refractivity contribution is 6.36. The van der Waals surface area contributed by atoms with Gasteiger partial charge < -0.3 is 25.0 Å². The highest BCUT2D eigenvalue weighted by Gasteiger charge is 2.46. The predicted molar refractivity (Wildman–Crippen MR) is 218 cm³/mol. The van der Waals surface area contributed by atoms with Gasteiger partial charge in [-0.25, -0.2) is 19.6 Å². The quantitative estimate of drug-likeness (QED) is 0.169. The van der Waals surface area contributed by atoms with Gasteiger partial charge in [0.25, 0.3) is 5.56 Å². The second kappa shape index (κ2) is 15.3. The summed E-state index contributed by atoms with van der Waals surface area (Å²) in [6, 6.07) is 13.7. The summed E-state index contributed by atoms with van der Waals surface area (Å²) >= 11 is 7.23. The van der Waals surface area contributed by atoms with Crippen LogP contribution in [0.5, 0.6) is 5.88 Å². The number of fused-ring (bicyclic) bond motifs is 2. The number of ether oxygens (including phenoxy) is 2. The van der Waals surface area contributed by atoms with Crippen LogP contribution in [0.4, 0.5) is 29.5 Å². The Morgan fingerprint density at radius 1 is 0.983 bits per heavy atom. The van der Waals surface area contributed by atoms with Crippen LogP contribution in [0, 0.1) is 6.92 Å². The Balaban J connectivity index is 1.10. The highest BCUT2D eigenvalue weighted by Crippen LogP contribution is 2.47. The number of carbonyl (C=O) groups excluding carboxylic acids is 1. The molecule has 2 N–H and O–H groups in total. The van der Waals surface area contributed by atoms with Gasteiger partial charge in [0, 0.05) is 75.8 Å². The molecule has 17 heteroatoms. The summed E-state index contributed by atoms with van der Waals surface area (Å²) in [5, 5.41) is 6.53. The molecule has 2 amide bonds. The highest BCUT2D eigenvalue weighted by atomic mass is 35.5. The summed E-state index contributed by atoms with van der Waals surface area (Å²) in [6.07, 6.45) is -1.43. The fourth-order valence-electron chi connectivity index (χ4n) is 8.90. The minimum absolute atomic E-state index is 0.0503. The Labute approximate surface area is 342 Å². The number of halogens is 4. The molecule has 0 saturated carbocycles. The molecule has 3 aliphatic rings. The van der Waals surface area contributed by atoms with Gasteiger partial charge in [-0.2, -0.15) is 13.2 Å². The second-order valence-electron chi connectivity index (χ2n) is 15.5. The fourth-order valence-corrected chi connectivity index (χ4v) is 9.23. The normalized spacial score (nSPS) is 19.4. The van der Waals surface area contributed by atoms with E-state index in [2.05, 4.69) is 26.6 Å². The molecule has 3 aromatic heterocycles. The van der Waals surface area contributed by atoms with Crippen LogP contribution in [-0.4, -0.2) is 87.5 Å². The third-order valence-electron chi connectivity index (χ3n) is 12.1. The zero-order valence-corrected chi connectivity index (χ0v) is 34.1. The molecule has 5 aromatic rings. The van der Waals surface area contributed by atoms with E-state index in [4.69, 9.17) is 26.1 Å². The lowest BCUT2D eigenvalue weighted by atomic mass is 9.92. The molecule has 2 saturated heterocycles. The average molecular weight is 833 g/mol. The first-order valence-corrected chi connectivity index (χ1v) is 19.7. The van der Waals surface area contributed by atoms with Crippen LogP contribution in [0.25, 0.3) is 33.3 Å². The number of aromatic nitrogens is 4. The summed E-state index contributed by atoms with van der Waals surface area (Å²) in [4.78, 5) is 52.0.